The van der Waals surface area contributed by atoms with Gasteiger partial charge in [0, 0.05) is 58.7 Å². The second kappa shape index (κ2) is 9.95. The van der Waals surface area contributed by atoms with Gasteiger partial charge >= 0.3 is 0 Å². The van der Waals surface area contributed by atoms with E-state index in [1.165, 1.54) is 18.4 Å². The van der Waals surface area contributed by atoms with Crippen LogP contribution in [0.25, 0.3) is 50.2 Å². The number of allylic oxidation sites excluding steroid dienone is 3. The molecule has 0 aliphatic carbocycles. The lowest BCUT2D eigenvalue weighted by molar-refractivity contribution is 0.371. The van der Waals surface area contributed by atoms with Gasteiger partial charge in [-0.1, -0.05) is 24.8 Å². The van der Waals surface area contributed by atoms with Gasteiger partial charge in [0.25, 0.3) is 0 Å². The Bertz CT molecular complexity index is 1630. The summed E-state index contributed by atoms with van der Waals surface area (Å²) in [6.45, 7) is 9.37. The van der Waals surface area contributed by atoms with Gasteiger partial charge in [-0.05, 0) is 74.3 Å². The van der Waals surface area contributed by atoms with Crippen LogP contribution in [0.1, 0.15) is 25.3 Å². The van der Waals surface area contributed by atoms with Crippen molar-refractivity contribution < 1.29 is 0 Å². The summed E-state index contributed by atoms with van der Waals surface area (Å²) >= 11 is 0. The van der Waals surface area contributed by atoms with E-state index in [9.17, 15) is 0 Å². The van der Waals surface area contributed by atoms with Crippen LogP contribution in [-0.4, -0.2) is 54.7 Å². The van der Waals surface area contributed by atoms with E-state index in [1.54, 1.807) is 6.20 Å². The van der Waals surface area contributed by atoms with Gasteiger partial charge in [0.05, 0.1) is 17.1 Å². The lowest BCUT2D eigenvalue weighted by Gasteiger charge is -2.15. The first-order chi connectivity index (χ1) is 18.2. The van der Waals surface area contributed by atoms with Crippen molar-refractivity contribution in [2.24, 2.45) is 0 Å². The topological polar surface area (TPSA) is 86.4 Å². The fraction of sp³-hybridized carbons (Fsp3) is 0.200. The van der Waals surface area contributed by atoms with Crippen LogP contribution in [0.2, 0.25) is 0 Å². The lowest BCUT2D eigenvalue weighted by atomic mass is 10.0. The van der Waals surface area contributed by atoms with Crippen molar-refractivity contribution in [3.05, 3.63) is 91.1 Å². The van der Waals surface area contributed by atoms with Crippen molar-refractivity contribution in [1.82, 2.24) is 35.0 Å². The van der Waals surface area contributed by atoms with Crippen molar-refractivity contribution in [2.45, 2.75) is 19.8 Å². The van der Waals surface area contributed by atoms with Crippen LogP contribution in [0.15, 0.2) is 85.5 Å². The molecule has 1 aliphatic heterocycles. The SMILES string of the molecule is C=C/C(=C\C(=C/C)c1cnc2n[nH]c(-c3cc4c(-c5cccnc5)nccc4[nH]3)c2c1)CN1CCCC1. The minimum atomic E-state index is 0.684. The minimum absolute atomic E-state index is 0.684. The van der Waals surface area contributed by atoms with Gasteiger partial charge < -0.3 is 4.98 Å². The molecule has 0 unspecified atom stereocenters. The van der Waals surface area contributed by atoms with Gasteiger partial charge in [0.1, 0.15) is 0 Å². The molecule has 184 valence electrons. The van der Waals surface area contributed by atoms with Gasteiger partial charge in [-0.15, -0.1) is 0 Å². The first-order valence-corrected chi connectivity index (χ1v) is 12.7. The monoisotopic (exact) mass is 487 g/mol. The van der Waals surface area contributed by atoms with E-state index in [0.29, 0.717) is 5.65 Å². The largest absolute Gasteiger partial charge is 0.353 e. The van der Waals surface area contributed by atoms with Gasteiger partial charge in [-0.2, -0.15) is 5.10 Å². The summed E-state index contributed by atoms with van der Waals surface area (Å²) in [5.41, 5.74) is 8.79. The average Bonchev–Trinajstić information content (AvgIpc) is 3.70. The lowest BCUT2D eigenvalue weighted by Crippen LogP contribution is -2.21. The van der Waals surface area contributed by atoms with Crippen LogP contribution >= 0.6 is 0 Å². The number of likely N-dealkylation sites (tertiary alicyclic amines) is 1. The molecule has 1 saturated heterocycles. The first kappa shape index (κ1) is 23.1. The van der Waals surface area contributed by atoms with E-state index in [0.717, 1.165) is 69.7 Å². The number of pyridine rings is 3. The number of nitrogens with zero attached hydrogens (tertiary/aromatic N) is 5. The molecule has 0 atom stereocenters. The van der Waals surface area contributed by atoms with Crippen molar-refractivity contribution in [3.63, 3.8) is 0 Å². The summed E-state index contributed by atoms with van der Waals surface area (Å²) in [4.78, 5) is 19.6. The maximum atomic E-state index is 4.67. The van der Waals surface area contributed by atoms with Gasteiger partial charge in [-0.25, -0.2) is 4.98 Å². The normalized spacial score (nSPS) is 15.2. The van der Waals surface area contributed by atoms with Gasteiger partial charge in [-0.3, -0.25) is 20.0 Å². The number of H-pyrrole nitrogens is 2. The highest BCUT2D eigenvalue weighted by molar-refractivity contribution is 5.99. The number of aromatic nitrogens is 6. The Morgan fingerprint density at radius 2 is 1.97 bits per heavy atom. The number of fused-ring (bicyclic) bond motifs is 2. The second-order valence-corrected chi connectivity index (χ2v) is 9.39. The number of hydrogen-bond acceptors (Lipinski definition) is 5. The van der Waals surface area contributed by atoms with E-state index in [-0.39, 0.29) is 0 Å². The molecule has 0 spiro atoms. The highest BCUT2D eigenvalue weighted by atomic mass is 15.2. The molecule has 1 aliphatic rings. The van der Waals surface area contributed by atoms with E-state index < -0.39 is 0 Å². The highest BCUT2D eigenvalue weighted by Gasteiger charge is 2.16. The molecule has 6 heterocycles. The Balaban J connectivity index is 1.38. The van der Waals surface area contributed by atoms with Crippen molar-refractivity contribution in [3.8, 4) is 22.6 Å². The maximum absolute atomic E-state index is 4.67. The molecule has 0 aromatic carbocycles. The van der Waals surface area contributed by atoms with Crippen LogP contribution in [-0.2, 0) is 0 Å². The van der Waals surface area contributed by atoms with Crippen molar-refractivity contribution in [2.75, 3.05) is 19.6 Å². The molecule has 0 amide bonds. The van der Waals surface area contributed by atoms with Crippen molar-refractivity contribution >= 4 is 27.5 Å². The van der Waals surface area contributed by atoms with Crippen LogP contribution < -0.4 is 0 Å². The van der Waals surface area contributed by atoms with Crippen LogP contribution in [0.3, 0.4) is 0 Å². The third-order valence-corrected chi connectivity index (χ3v) is 7.01. The molecule has 5 aromatic rings. The molecule has 5 aromatic heterocycles. The van der Waals surface area contributed by atoms with E-state index >= 15 is 0 Å². The molecule has 0 radical (unpaired) electrons. The Morgan fingerprint density at radius 3 is 2.76 bits per heavy atom. The molecule has 37 heavy (non-hydrogen) atoms. The Labute approximate surface area is 215 Å². The van der Waals surface area contributed by atoms with Crippen molar-refractivity contribution in [1.29, 1.82) is 0 Å². The summed E-state index contributed by atoms with van der Waals surface area (Å²) < 4.78 is 0. The summed E-state index contributed by atoms with van der Waals surface area (Å²) in [6, 6.07) is 10.2. The molecule has 2 N–H and O–H groups in total. The summed E-state index contributed by atoms with van der Waals surface area (Å²) in [7, 11) is 0. The number of hydrogen-bond donors (Lipinski definition) is 2. The summed E-state index contributed by atoms with van der Waals surface area (Å²) in [5, 5.41) is 9.68. The molecular weight excluding hydrogens is 458 g/mol. The standard InChI is InChI=1S/C30H29N7/c1-3-20(19-37-12-5-6-13-37)14-21(4-2)23-15-25-29(35-36-30(25)33-18-23)27-16-24-26(34-27)9-11-32-28(24)22-8-7-10-31-17-22/h3-4,7-11,14-18,34H,1,5-6,12-13,19H2,2H3,(H,33,35,36)/b20-14+,21-4+. The fourth-order valence-corrected chi connectivity index (χ4v) is 5.09. The minimum Gasteiger partial charge on any atom is -0.353 e. The molecule has 7 nitrogen and oxygen atoms in total. The smallest absolute Gasteiger partial charge is 0.181 e. The molecule has 1 fully saturated rings. The van der Waals surface area contributed by atoms with Crippen LogP contribution in [0.4, 0.5) is 0 Å². The van der Waals surface area contributed by atoms with E-state index in [1.807, 2.05) is 42.9 Å². The summed E-state index contributed by atoms with van der Waals surface area (Å²) in [6.07, 6.45) is 16.2. The zero-order chi connectivity index (χ0) is 25.2. The van der Waals surface area contributed by atoms with Gasteiger partial charge in [0.15, 0.2) is 5.65 Å². The number of rotatable bonds is 7. The Morgan fingerprint density at radius 1 is 1.08 bits per heavy atom. The average molecular weight is 488 g/mol. The molecular formula is C30H29N7. The zero-order valence-corrected chi connectivity index (χ0v) is 20.9. The van der Waals surface area contributed by atoms with E-state index in [4.69, 9.17) is 0 Å². The predicted molar refractivity (Wildman–Crippen MR) is 150 cm³/mol. The third-order valence-electron chi connectivity index (χ3n) is 7.01. The quantitative estimate of drug-likeness (QED) is 0.268. The van der Waals surface area contributed by atoms with Crippen LogP contribution in [0.5, 0.6) is 0 Å². The Hall–Kier alpha value is -4.36. The molecule has 0 bridgehead atoms. The summed E-state index contributed by atoms with van der Waals surface area (Å²) in [5.74, 6) is 0. The van der Waals surface area contributed by atoms with E-state index in [2.05, 4.69) is 72.8 Å². The number of nitrogens with one attached hydrogen (secondary N) is 2. The molecule has 0 saturated carbocycles. The van der Waals surface area contributed by atoms with Crippen LogP contribution in [0, 0.1) is 0 Å². The predicted octanol–water partition coefficient (Wildman–Crippen LogP) is 6.17. The third kappa shape index (κ3) is 4.49. The number of aromatic amines is 2. The maximum Gasteiger partial charge on any atom is 0.181 e. The first-order valence-electron chi connectivity index (χ1n) is 12.7. The van der Waals surface area contributed by atoms with Gasteiger partial charge in [0.2, 0.25) is 0 Å². The highest BCUT2D eigenvalue weighted by Crippen LogP contribution is 2.33. The zero-order valence-electron chi connectivity index (χ0n) is 20.9. The molecule has 6 rings (SSSR count). The second-order valence-electron chi connectivity index (χ2n) is 9.39. The molecule has 7 heteroatoms. The fourth-order valence-electron chi connectivity index (χ4n) is 5.09. The Kier molecular flexibility index (Phi) is 6.20.